The van der Waals surface area contributed by atoms with Crippen LogP contribution in [0.2, 0.25) is 0 Å². The number of para-hydroxylation sites is 2. The first-order valence-electron chi connectivity index (χ1n) is 10.8. The first kappa shape index (κ1) is 26.2. The topological polar surface area (TPSA) is 96.0 Å². The molecule has 0 aromatic heterocycles. The number of carbonyl (C=O) groups excluding carboxylic acids is 2. The quantitative estimate of drug-likeness (QED) is 0.539. The third-order valence-electron chi connectivity index (χ3n) is 5.22. The van der Waals surface area contributed by atoms with Crippen molar-refractivity contribution in [2.24, 2.45) is 0 Å². The summed E-state index contributed by atoms with van der Waals surface area (Å²) in [6.07, 6.45) is 1.80. The molecule has 33 heavy (non-hydrogen) atoms. The largest absolute Gasteiger partial charge is 0.495 e. The number of carbonyl (C=O) groups is 2. The first-order valence-corrected chi connectivity index (χ1v) is 12.7. The van der Waals surface area contributed by atoms with Gasteiger partial charge in [-0.15, -0.1) is 0 Å². The molecule has 0 aliphatic rings. The van der Waals surface area contributed by atoms with Crippen molar-refractivity contribution in [2.75, 3.05) is 30.8 Å². The molecule has 0 saturated carbocycles. The summed E-state index contributed by atoms with van der Waals surface area (Å²) in [5.41, 5.74) is 2.17. The number of hydrogen-bond acceptors (Lipinski definition) is 5. The summed E-state index contributed by atoms with van der Waals surface area (Å²) in [6, 6.07) is 13.4. The van der Waals surface area contributed by atoms with Crippen molar-refractivity contribution in [3.05, 3.63) is 59.7 Å². The number of ether oxygens (including phenoxy) is 1. The summed E-state index contributed by atoms with van der Waals surface area (Å²) < 4.78 is 31.6. The third kappa shape index (κ3) is 7.21. The minimum Gasteiger partial charge on any atom is -0.495 e. The molecule has 0 aliphatic heterocycles. The fraction of sp³-hybridized carbons (Fsp3) is 0.417. The normalized spacial score (nSPS) is 12.0. The van der Waals surface area contributed by atoms with Crippen LogP contribution in [0.4, 0.5) is 5.69 Å². The molecule has 0 saturated heterocycles. The molecule has 0 spiro atoms. The molecule has 1 atom stereocenters. The maximum atomic E-state index is 13.5. The summed E-state index contributed by atoms with van der Waals surface area (Å²) in [6.45, 7) is 5.75. The van der Waals surface area contributed by atoms with Crippen molar-refractivity contribution in [1.82, 2.24) is 10.2 Å². The number of benzene rings is 2. The molecular formula is C24H33N3O5S. The van der Waals surface area contributed by atoms with Crippen molar-refractivity contribution in [3.8, 4) is 5.75 Å². The van der Waals surface area contributed by atoms with Gasteiger partial charge in [0.2, 0.25) is 21.8 Å². The van der Waals surface area contributed by atoms with Crippen LogP contribution in [-0.4, -0.2) is 57.6 Å². The highest BCUT2D eigenvalue weighted by atomic mass is 32.2. The smallest absolute Gasteiger partial charge is 0.244 e. The van der Waals surface area contributed by atoms with Crippen LogP contribution in [0.3, 0.4) is 0 Å². The van der Waals surface area contributed by atoms with Crippen LogP contribution in [0, 0.1) is 6.92 Å². The van der Waals surface area contributed by atoms with Gasteiger partial charge in [-0.1, -0.05) is 48.9 Å². The van der Waals surface area contributed by atoms with Crippen LogP contribution in [0.1, 0.15) is 31.4 Å². The number of anilines is 1. The molecule has 0 heterocycles. The minimum atomic E-state index is -3.81. The molecule has 2 amide bonds. The lowest BCUT2D eigenvalue weighted by atomic mass is 10.1. The molecule has 0 aliphatic carbocycles. The van der Waals surface area contributed by atoms with Crippen molar-refractivity contribution in [2.45, 2.75) is 39.8 Å². The fourth-order valence-corrected chi connectivity index (χ4v) is 4.15. The Balaban J connectivity index is 2.39. The van der Waals surface area contributed by atoms with Gasteiger partial charge in [0.1, 0.15) is 18.3 Å². The van der Waals surface area contributed by atoms with Crippen LogP contribution in [0.25, 0.3) is 0 Å². The molecule has 0 fully saturated rings. The second kappa shape index (κ2) is 11.7. The fourth-order valence-electron chi connectivity index (χ4n) is 3.30. The van der Waals surface area contributed by atoms with E-state index in [-0.39, 0.29) is 18.1 Å². The highest BCUT2D eigenvalue weighted by Gasteiger charge is 2.30. The van der Waals surface area contributed by atoms with E-state index in [0.29, 0.717) is 12.3 Å². The Bertz CT molecular complexity index is 1050. The number of nitrogens with one attached hydrogen (secondary N) is 1. The standard InChI is InChI=1S/C24H33N3O5S/c1-6-15-25-24(29)19(3)26(16-20-13-11-18(2)12-14-20)23(28)17-27(33(5,30)31)21-9-7-8-10-22(21)32-4/h7-14,19H,6,15-17H2,1-5H3,(H,25,29). The number of rotatable bonds is 11. The maximum absolute atomic E-state index is 13.5. The Kier molecular flexibility index (Phi) is 9.28. The monoisotopic (exact) mass is 475 g/mol. The zero-order valence-electron chi connectivity index (χ0n) is 19.9. The predicted molar refractivity (Wildman–Crippen MR) is 130 cm³/mol. The summed E-state index contributed by atoms with van der Waals surface area (Å²) in [5.74, 6) is -0.457. The molecule has 0 radical (unpaired) electrons. The second-order valence-electron chi connectivity index (χ2n) is 7.92. The average molecular weight is 476 g/mol. The zero-order chi connectivity index (χ0) is 24.6. The Hall–Kier alpha value is -3.07. The summed E-state index contributed by atoms with van der Waals surface area (Å²) in [7, 11) is -2.38. The zero-order valence-corrected chi connectivity index (χ0v) is 20.7. The highest BCUT2D eigenvalue weighted by Crippen LogP contribution is 2.29. The molecule has 2 aromatic rings. The lowest BCUT2D eigenvalue weighted by Gasteiger charge is -2.31. The molecule has 180 valence electrons. The Labute approximate surface area is 196 Å². The SMILES string of the molecule is CCCNC(=O)C(C)N(Cc1ccc(C)cc1)C(=O)CN(c1ccccc1OC)S(C)(=O)=O. The summed E-state index contributed by atoms with van der Waals surface area (Å²) in [5, 5.41) is 2.81. The number of nitrogens with zero attached hydrogens (tertiary/aromatic N) is 2. The molecule has 2 aromatic carbocycles. The van der Waals surface area contributed by atoms with Crippen molar-refractivity contribution < 1.29 is 22.7 Å². The Morgan fingerprint density at radius 2 is 1.73 bits per heavy atom. The lowest BCUT2D eigenvalue weighted by molar-refractivity contribution is -0.139. The van der Waals surface area contributed by atoms with E-state index in [0.717, 1.165) is 28.1 Å². The summed E-state index contributed by atoms with van der Waals surface area (Å²) in [4.78, 5) is 27.6. The van der Waals surface area contributed by atoms with Crippen molar-refractivity contribution in [1.29, 1.82) is 0 Å². The van der Waals surface area contributed by atoms with Gasteiger partial charge in [-0.2, -0.15) is 0 Å². The summed E-state index contributed by atoms with van der Waals surface area (Å²) >= 11 is 0. The van der Waals surface area contributed by atoms with Crippen molar-refractivity contribution in [3.63, 3.8) is 0 Å². The van der Waals surface area contributed by atoms with E-state index in [1.54, 1.807) is 31.2 Å². The third-order valence-corrected chi connectivity index (χ3v) is 6.35. The van der Waals surface area contributed by atoms with Gasteiger partial charge in [0.15, 0.2) is 0 Å². The predicted octanol–water partition coefficient (Wildman–Crippen LogP) is 2.71. The van der Waals surface area contributed by atoms with Crippen LogP contribution in [0.5, 0.6) is 5.75 Å². The van der Waals surface area contributed by atoms with E-state index in [1.165, 1.54) is 12.0 Å². The lowest BCUT2D eigenvalue weighted by Crippen LogP contribution is -2.51. The van der Waals surface area contributed by atoms with Crippen LogP contribution < -0.4 is 14.4 Å². The Morgan fingerprint density at radius 3 is 2.30 bits per heavy atom. The number of aryl methyl sites for hydroxylation is 1. The van der Waals surface area contributed by atoms with Crippen LogP contribution in [0.15, 0.2) is 48.5 Å². The average Bonchev–Trinajstić information content (AvgIpc) is 2.79. The van der Waals surface area contributed by atoms with Crippen LogP contribution >= 0.6 is 0 Å². The molecule has 2 rings (SSSR count). The number of hydrogen-bond donors (Lipinski definition) is 1. The van der Waals surface area contributed by atoms with Gasteiger partial charge in [-0.05, 0) is 38.0 Å². The van der Waals surface area contributed by atoms with Gasteiger partial charge < -0.3 is 15.0 Å². The van der Waals surface area contributed by atoms with Gasteiger partial charge in [-0.25, -0.2) is 8.42 Å². The Morgan fingerprint density at radius 1 is 1.09 bits per heavy atom. The van der Waals surface area contributed by atoms with Crippen molar-refractivity contribution >= 4 is 27.5 Å². The van der Waals surface area contributed by atoms with Gasteiger partial charge in [0.25, 0.3) is 0 Å². The van der Waals surface area contributed by atoms with Gasteiger partial charge in [0.05, 0.1) is 19.1 Å². The molecule has 1 unspecified atom stereocenters. The molecule has 1 N–H and O–H groups in total. The highest BCUT2D eigenvalue weighted by molar-refractivity contribution is 7.92. The number of methoxy groups -OCH3 is 1. The van der Waals surface area contributed by atoms with Gasteiger partial charge in [-0.3, -0.25) is 13.9 Å². The van der Waals surface area contributed by atoms with Gasteiger partial charge in [0, 0.05) is 13.1 Å². The molecular weight excluding hydrogens is 442 g/mol. The van der Waals surface area contributed by atoms with E-state index in [9.17, 15) is 18.0 Å². The van der Waals surface area contributed by atoms with E-state index < -0.39 is 28.5 Å². The minimum absolute atomic E-state index is 0.170. The molecule has 8 nitrogen and oxygen atoms in total. The van der Waals surface area contributed by atoms with E-state index in [2.05, 4.69) is 5.32 Å². The van der Waals surface area contributed by atoms with E-state index in [4.69, 9.17) is 4.74 Å². The number of amides is 2. The first-order chi connectivity index (χ1) is 15.6. The number of sulfonamides is 1. The van der Waals surface area contributed by atoms with Gasteiger partial charge >= 0.3 is 0 Å². The van der Waals surface area contributed by atoms with E-state index >= 15 is 0 Å². The maximum Gasteiger partial charge on any atom is 0.244 e. The van der Waals surface area contributed by atoms with E-state index in [1.807, 2.05) is 38.1 Å². The molecule has 0 bridgehead atoms. The second-order valence-corrected chi connectivity index (χ2v) is 9.82. The molecule has 9 heteroatoms. The van der Waals surface area contributed by atoms with Crippen LogP contribution in [-0.2, 0) is 26.2 Å².